The Kier molecular flexibility index (Phi) is 8.05. The largest absolute Gasteiger partial charge is 0.309 e. The smallest absolute Gasteiger partial charge is 0.242 e. The molecule has 0 saturated heterocycles. The summed E-state index contributed by atoms with van der Waals surface area (Å²) in [6.45, 7) is 7.61. The quantitative estimate of drug-likeness (QED) is 0.221. The van der Waals surface area contributed by atoms with Crippen molar-refractivity contribution in [2.75, 3.05) is 20.6 Å². The first-order valence-corrected chi connectivity index (χ1v) is 12.6. The molecule has 0 atom stereocenters. The third kappa shape index (κ3) is 6.21. The molecule has 4 aromatic rings. The summed E-state index contributed by atoms with van der Waals surface area (Å²) in [4.78, 5) is 2.28. The van der Waals surface area contributed by atoms with Crippen molar-refractivity contribution in [3.05, 3.63) is 131 Å². The molecule has 1 nitrogen and oxygen atoms in total. The Morgan fingerprint density at radius 3 is 1.49 bits per heavy atom. The molecule has 0 unspecified atom stereocenters. The molecular weight excluding hydrogens is 421 g/mol. The topological polar surface area (TPSA) is 3.24 Å². The Labute approximate surface area is 212 Å². The molecule has 0 aliphatic rings. The minimum Gasteiger partial charge on any atom is -0.309 e. The summed E-state index contributed by atoms with van der Waals surface area (Å²) in [6, 6.07) is 38.2. The van der Waals surface area contributed by atoms with Crippen molar-refractivity contribution in [2.24, 2.45) is 0 Å². The number of aryl methyl sites for hydroxylation is 3. The first-order chi connectivity index (χ1) is 16.9. The van der Waals surface area contributed by atoms with E-state index in [0.29, 0.717) is 0 Å². The number of nitrogens with zero attached hydrogens (tertiary/aromatic N) is 1. The highest BCUT2D eigenvalue weighted by Crippen LogP contribution is 2.32. The van der Waals surface area contributed by atoms with Gasteiger partial charge in [0.1, 0.15) is 0 Å². The van der Waals surface area contributed by atoms with E-state index in [1.54, 1.807) is 0 Å². The predicted octanol–water partition coefficient (Wildman–Crippen LogP) is 6.32. The van der Waals surface area contributed by atoms with E-state index < -0.39 is 0 Å². The second-order valence-corrected chi connectivity index (χ2v) is 9.93. The van der Waals surface area contributed by atoms with E-state index >= 15 is 0 Å². The molecule has 0 amide bonds. The summed E-state index contributed by atoms with van der Waals surface area (Å²) in [5, 5.41) is 0. The van der Waals surface area contributed by atoms with Crippen molar-refractivity contribution in [2.45, 2.75) is 27.2 Å². The van der Waals surface area contributed by atoms with Gasteiger partial charge in [0.05, 0.1) is 0 Å². The van der Waals surface area contributed by atoms with Crippen LogP contribution in [0.25, 0.3) is 11.0 Å². The first-order valence-electron chi connectivity index (χ1n) is 12.6. The third-order valence-electron chi connectivity index (χ3n) is 6.73. The zero-order valence-electron chi connectivity index (χ0n) is 21.8. The molecule has 4 rings (SSSR count). The van der Waals surface area contributed by atoms with Crippen LogP contribution >= 0.6 is 0 Å². The highest BCUT2D eigenvalue weighted by molar-refractivity contribution is 7.00. The molecule has 0 spiro atoms. The van der Waals surface area contributed by atoms with Gasteiger partial charge < -0.3 is 4.90 Å². The highest BCUT2D eigenvalue weighted by atomic mass is 15.0. The molecule has 0 N–H and O–H groups in total. The van der Waals surface area contributed by atoms with Crippen molar-refractivity contribution in [1.82, 2.24) is 4.90 Å². The molecule has 0 heterocycles. The van der Waals surface area contributed by atoms with E-state index in [0.717, 1.165) is 13.0 Å². The van der Waals surface area contributed by atoms with Gasteiger partial charge in [-0.1, -0.05) is 136 Å². The van der Waals surface area contributed by atoms with Crippen LogP contribution in [0.3, 0.4) is 0 Å². The maximum Gasteiger partial charge on any atom is 0.242 e. The summed E-state index contributed by atoms with van der Waals surface area (Å²) in [7, 11) is 4.32. The fraction of sp³-hybridized carbons (Fsp3) is 0.212. The van der Waals surface area contributed by atoms with Crippen molar-refractivity contribution in [1.29, 1.82) is 0 Å². The summed E-state index contributed by atoms with van der Waals surface area (Å²) in [5.74, 6) is 0. The van der Waals surface area contributed by atoms with Crippen molar-refractivity contribution in [3.8, 4) is 0 Å². The second kappa shape index (κ2) is 11.4. The summed E-state index contributed by atoms with van der Waals surface area (Å²) < 4.78 is 0. The third-order valence-corrected chi connectivity index (χ3v) is 6.73. The fourth-order valence-electron chi connectivity index (χ4n) is 4.70. The monoisotopic (exact) mass is 457 g/mol. The molecule has 0 aliphatic heterocycles. The van der Waals surface area contributed by atoms with Crippen LogP contribution in [-0.2, 0) is 0 Å². The van der Waals surface area contributed by atoms with Crippen molar-refractivity contribution in [3.63, 3.8) is 0 Å². The summed E-state index contributed by atoms with van der Waals surface area (Å²) in [5.41, 5.74) is 11.9. The van der Waals surface area contributed by atoms with Gasteiger partial charge in [-0.05, 0) is 58.0 Å². The van der Waals surface area contributed by atoms with Gasteiger partial charge in [0.15, 0.2) is 0 Å². The molecule has 0 bridgehead atoms. The lowest BCUT2D eigenvalue weighted by atomic mass is 9.34. The van der Waals surface area contributed by atoms with E-state index in [9.17, 15) is 0 Å². The zero-order chi connectivity index (χ0) is 24.8. The van der Waals surface area contributed by atoms with Crippen LogP contribution in [-0.4, -0.2) is 32.3 Å². The van der Waals surface area contributed by atoms with E-state index in [4.69, 9.17) is 0 Å². The lowest BCUT2D eigenvalue weighted by molar-refractivity contribution is 0.419. The van der Waals surface area contributed by atoms with Gasteiger partial charge in [-0.15, -0.1) is 0 Å². The first kappa shape index (κ1) is 24.8. The van der Waals surface area contributed by atoms with Crippen LogP contribution in [0.1, 0.15) is 34.2 Å². The standard InChI is InChI=1S/C33H36BN/c1-25-11-17-29(18-12-25)33(32(23-24-35(4)5)28-9-7-6-8-10-28)34(30-19-13-26(2)14-20-30)31-21-15-27(3)16-22-31/h6-22H,23-24H2,1-5H3/b33-32+. The molecule has 176 valence electrons. The molecule has 0 radical (unpaired) electrons. The lowest BCUT2D eigenvalue weighted by Gasteiger charge is -2.25. The maximum absolute atomic E-state index is 2.31. The number of hydrogen-bond acceptors (Lipinski definition) is 1. The van der Waals surface area contributed by atoms with Crippen LogP contribution in [0.15, 0.2) is 103 Å². The van der Waals surface area contributed by atoms with Crippen molar-refractivity contribution >= 4 is 28.7 Å². The van der Waals surface area contributed by atoms with Gasteiger partial charge in [0.25, 0.3) is 0 Å². The van der Waals surface area contributed by atoms with Crippen LogP contribution in [0.2, 0.25) is 0 Å². The highest BCUT2D eigenvalue weighted by Gasteiger charge is 2.28. The molecule has 0 fully saturated rings. The molecule has 35 heavy (non-hydrogen) atoms. The van der Waals surface area contributed by atoms with Crippen molar-refractivity contribution < 1.29 is 0 Å². The Balaban J connectivity index is 2.05. The minimum atomic E-state index is 0.135. The second-order valence-electron chi connectivity index (χ2n) is 9.93. The van der Waals surface area contributed by atoms with Crippen LogP contribution in [0.4, 0.5) is 0 Å². The fourth-order valence-corrected chi connectivity index (χ4v) is 4.70. The number of benzene rings is 4. The van der Waals surface area contributed by atoms with Gasteiger partial charge in [-0.3, -0.25) is 0 Å². The van der Waals surface area contributed by atoms with E-state index in [1.807, 2.05) is 0 Å². The predicted molar refractivity (Wildman–Crippen MR) is 155 cm³/mol. The van der Waals surface area contributed by atoms with Gasteiger partial charge in [-0.2, -0.15) is 0 Å². The number of rotatable bonds is 8. The Morgan fingerprint density at radius 2 is 1.03 bits per heavy atom. The molecule has 2 heteroatoms. The lowest BCUT2D eigenvalue weighted by Crippen LogP contribution is -2.44. The SMILES string of the molecule is Cc1ccc(B(/C(=C(\CCN(C)C)c2ccccc2)c2ccc(C)cc2)c2ccc(C)cc2)cc1. The van der Waals surface area contributed by atoms with Crippen LogP contribution < -0.4 is 10.9 Å². The molecule has 0 aliphatic carbocycles. The molecule has 0 saturated carbocycles. The van der Waals surface area contributed by atoms with Gasteiger partial charge >= 0.3 is 0 Å². The average molecular weight is 457 g/mol. The maximum atomic E-state index is 2.31. The van der Waals surface area contributed by atoms with E-state index in [-0.39, 0.29) is 6.71 Å². The molecular formula is C33H36BN. The van der Waals surface area contributed by atoms with Crippen LogP contribution in [0.5, 0.6) is 0 Å². The van der Waals surface area contributed by atoms with Crippen LogP contribution in [0, 0.1) is 20.8 Å². The molecule has 4 aromatic carbocycles. The number of hydrogen-bond donors (Lipinski definition) is 0. The minimum absolute atomic E-state index is 0.135. The zero-order valence-corrected chi connectivity index (χ0v) is 21.8. The molecule has 0 aromatic heterocycles. The Hall–Kier alpha value is -3.36. The normalized spacial score (nSPS) is 11.9. The Morgan fingerprint density at radius 1 is 0.571 bits per heavy atom. The summed E-state index contributed by atoms with van der Waals surface area (Å²) >= 11 is 0. The van der Waals surface area contributed by atoms with Gasteiger partial charge in [0, 0.05) is 6.54 Å². The summed E-state index contributed by atoms with van der Waals surface area (Å²) in [6.07, 6.45) is 0.981. The van der Waals surface area contributed by atoms with E-state index in [1.165, 1.54) is 49.8 Å². The van der Waals surface area contributed by atoms with Gasteiger partial charge in [0.2, 0.25) is 6.71 Å². The van der Waals surface area contributed by atoms with Gasteiger partial charge in [-0.25, -0.2) is 0 Å². The van der Waals surface area contributed by atoms with E-state index in [2.05, 4.69) is 143 Å². The average Bonchev–Trinajstić information content (AvgIpc) is 2.86. The Bertz CT molecular complexity index is 1210.